The first-order valence-electron chi connectivity index (χ1n) is 12.9. The molecule has 2 atom stereocenters. The summed E-state index contributed by atoms with van der Waals surface area (Å²) in [6, 6.07) is 4.16. The summed E-state index contributed by atoms with van der Waals surface area (Å²) in [7, 11) is 1.35. The van der Waals surface area contributed by atoms with E-state index in [1.165, 1.54) is 24.5 Å². The van der Waals surface area contributed by atoms with Crippen molar-refractivity contribution < 1.29 is 27.5 Å². The molecule has 0 radical (unpaired) electrons. The van der Waals surface area contributed by atoms with Crippen LogP contribution in [-0.4, -0.2) is 84.4 Å². The summed E-state index contributed by atoms with van der Waals surface area (Å²) in [6.45, 7) is -0.0184. The molecular weight excluding hydrogens is 543 g/mol. The lowest BCUT2D eigenvalue weighted by molar-refractivity contribution is -0.159. The van der Waals surface area contributed by atoms with Crippen LogP contribution in [0.15, 0.2) is 43.1 Å². The number of aromatic nitrogens is 6. The number of nitrogens with one attached hydrogen (secondary N) is 1. The van der Waals surface area contributed by atoms with Gasteiger partial charge in [0.2, 0.25) is 17.7 Å². The number of nitrogens with two attached hydrogens (primary N) is 1. The van der Waals surface area contributed by atoms with Crippen molar-refractivity contribution in [2.75, 3.05) is 25.9 Å². The van der Waals surface area contributed by atoms with Crippen molar-refractivity contribution >= 4 is 23.1 Å². The predicted octanol–water partition coefficient (Wildman–Crippen LogP) is 1.95. The molecule has 3 N–H and O–H groups in total. The standard InChI is InChI=1S/C26H26F3N9O3/c1-41-24-17(23(39)35-19-12-36(11-18(19)27)25(40)16-7-26(28,29)8-16)5-14(9-31-24)20-6-15(10-37-4-2-3-33-37)21-22(30)32-13-34-38(20)21/h2-6,9,13,16,18-19H,7-8,10-12H2,1H3,(H,35,39)(H2,30,32,34)/t18-,19+/m0/s1. The van der Waals surface area contributed by atoms with E-state index in [9.17, 15) is 22.8 Å². The van der Waals surface area contributed by atoms with Gasteiger partial charge in [-0.15, -0.1) is 0 Å². The number of hydrogen-bond acceptors (Lipinski definition) is 8. The third-order valence-electron chi connectivity index (χ3n) is 7.45. The Morgan fingerprint density at radius 1 is 1.20 bits per heavy atom. The number of anilines is 1. The van der Waals surface area contributed by atoms with E-state index in [1.54, 1.807) is 33.7 Å². The quantitative estimate of drug-likeness (QED) is 0.344. The van der Waals surface area contributed by atoms with Crippen LogP contribution >= 0.6 is 0 Å². The van der Waals surface area contributed by atoms with Crippen LogP contribution in [0.3, 0.4) is 0 Å². The van der Waals surface area contributed by atoms with Gasteiger partial charge in [0.25, 0.3) is 5.91 Å². The van der Waals surface area contributed by atoms with Gasteiger partial charge in [0.15, 0.2) is 5.82 Å². The molecule has 0 unspecified atom stereocenters. The Morgan fingerprint density at radius 2 is 2.00 bits per heavy atom. The van der Waals surface area contributed by atoms with E-state index in [1.807, 2.05) is 6.07 Å². The van der Waals surface area contributed by atoms with Crippen molar-refractivity contribution in [2.45, 2.75) is 37.5 Å². The van der Waals surface area contributed by atoms with Crippen molar-refractivity contribution in [1.29, 1.82) is 0 Å². The number of carbonyl (C=O) groups is 2. The molecule has 0 spiro atoms. The first-order valence-corrected chi connectivity index (χ1v) is 12.9. The van der Waals surface area contributed by atoms with Crippen molar-refractivity contribution in [2.24, 2.45) is 5.92 Å². The number of alkyl halides is 3. The predicted molar refractivity (Wildman–Crippen MR) is 139 cm³/mol. The SMILES string of the molecule is COc1ncc(-c2cc(Cn3cccn3)c3c(N)ncnn23)cc1C(=O)N[C@@H]1CN(C(=O)C2CC(F)(F)C2)C[C@@H]1F. The van der Waals surface area contributed by atoms with Crippen LogP contribution in [-0.2, 0) is 11.3 Å². The molecule has 1 saturated heterocycles. The maximum absolute atomic E-state index is 14.9. The molecule has 2 fully saturated rings. The van der Waals surface area contributed by atoms with Crippen molar-refractivity contribution in [3.63, 3.8) is 0 Å². The summed E-state index contributed by atoms with van der Waals surface area (Å²) in [5.74, 6) is -4.62. The Balaban J connectivity index is 1.26. The van der Waals surface area contributed by atoms with Crippen LogP contribution in [0.4, 0.5) is 19.0 Å². The Labute approximate surface area is 231 Å². The first-order chi connectivity index (χ1) is 19.6. The number of nitrogen functional groups attached to an aromatic ring is 1. The number of ether oxygens (including phenoxy) is 1. The zero-order valence-electron chi connectivity index (χ0n) is 21.9. The van der Waals surface area contributed by atoms with E-state index in [2.05, 4.69) is 25.5 Å². The number of fused-ring (bicyclic) bond motifs is 1. The number of halogens is 3. The fourth-order valence-corrected chi connectivity index (χ4v) is 5.38. The van der Waals surface area contributed by atoms with Crippen LogP contribution in [0.25, 0.3) is 16.8 Å². The summed E-state index contributed by atoms with van der Waals surface area (Å²) in [6.07, 6.45) is 3.64. The molecule has 214 valence electrons. The average molecular weight is 570 g/mol. The number of amides is 2. The molecule has 1 aliphatic carbocycles. The normalized spacial score (nSPS) is 20.2. The molecule has 5 heterocycles. The largest absolute Gasteiger partial charge is 0.480 e. The Bertz CT molecular complexity index is 1620. The van der Waals surface area contributed by atoms with Crippen LogP contribution in [0, 0.1) is 5.92 Å². The molecule has 6 rings (SSSR count). The molecular formula is C26H26F3N9O3. The highest BCUT2D eigenvalue weighted by Gasteiger charge is 2.51. The fraction of sp³-hybridized carbons (Fsp3) is 0.385. The summed E-state index contributed by atoms with van der Waals surface area (Å²) in [4.78, 5) is 35.5. The molecule has 0 aromatic carbocycles. The smallest absolute Gasteiger partial charge is 0.257 e. The summed E-state index contributed by atoms with van der Waals surface area (Å²) < 4.78 is 49.9. The zero-order chi connectivity index (χ0) is 28.9. The monoisotopic (exact) mass is 569 g/mol. The van der Waals surface area contributed by atoms with Gasteiger partial charge < -0.3 is 20.7 Å². The molecule has 41 heavy (non-hydrogen) atoms. The third-order valence-corrected chi connectivity index (χ3v) is 7.45. The number of likely N-dealkylation sites (tertiary alicyclic amines) is 1. The van der Waals surface area contributed by atoms with Gasteiger partial charge in [-0.25, -0.2) is 27.7 Å². The highest BCUT2D eigenvalue weighted by molar-refractivity contribution is 5.98. The van der Waals surface area contributed by atoms with Gasteiger partial charge in [-0.3, -0.25) is 14.3 Å². The second kappa shape index (κ2) is 10.1. The lowest BCUT2D eigenvalue weighted by Crippen LogP contribution is -2.47. The second-order valence-electron chi connectivity index (χ2n) is 10.2. The minimum atomic E-state index is -2.86. The van der Waals surface area contributed by atoms with Gasteiger partial charge in [0, 0.05) is 55.0 Å². The molecule has 15 heteroatoms. The highest BCUT2D eigenvalue weighted by atomic mass is 19.3. The third kappa shape index (κ3) is 4.91. The van der Waals surface area contributed by atoms with Gasteiger partial charge in [-0.05, 0) is 18.2 Å². The number of hydrogen-bond donors (Lipinski definition) is 2. The molecule has 2 amide bonds. The average Bonchev–Trinajstić information content (AvgIpc) is 3.67. The molecule has 1 aliphatic heterocycles. The maximum Gasteiger partial charge on any atom is 0.257 e. The number of nitrogens with zero attached hydrogens (tertiary/aromatic N) is 7. The van der Waals surface area contributed by atoms with Gasteiger partial charge in [-0.1, -0.05) is 0 Å². The molecule has 12 nitrogen and oxygen atoms in total. The van der Waals surface area contributed by atoms with E-state index in [0.29, 0.717) is 23.3 Å². The van der Waals surface area contributed by atoms with E-state index in [0.717, 1.165) is 5.56 Å². The Hall–Kier alpha value is -4.69. The van der Waals surface area contributed by atoms with E-state index < -0.39 is 48.7 Å². The van der Waals surface area contributed by atoms with Gasteiger partial charge in [0.1, 0.15) is 23.6 Å². The summed E-state index contributed by atoms with van der Waals surface area (Å²) in [5.41, 5.74) is 8.63. The number of pyridine rings is 1. The zero-order valence-corrected chi connectivity index (χ0v) is 21.9. The topological polar surface area (TPSA) is 146 Å². The van der Waals surface area contributed by atoms with Crippen LogP contribution in [0.2, 0.25) is 0 Å². The number of rotatable bonds is 7. The number of methoxy groups -OCH3 is 1. The lowest BCUT2D eigenvalue weighted by atomic mass is 9.80. The molecule has 0 bridgehead atoms. The first kappa shape index (κ1) is 26.5. The molecule has 1 saturated carbocycles. The summed E-state index contributed by atoms with van der Waals surface area (Å²) >= 11 is 0. The van der Waals surface area contributed by atoms with Crippen molar-refractivity contribution in [3.05, 3.63) is 54.2 Å². The maximum atomic E-state index is 14.9. The number of carbonyl (C=O) groups excluding carboxylic acids is 2. The fourth-order valence-electron chi connectivity index (χ4n) is 5.38. The van der Waals surface area contributed by atoms with Gasteiger partial charge in [0.05, 0.1) is 31.9 Å². The van der Waals surface area contributed by atoms with Crippen LogP contribution in [0.5, 0.6) is 5.88 Å². The van der Waals surface area contributed by atoms with Crippen LogP contribution < -0.4 is 15.8 Å². The molecule has 2 aliphatic rings. The highest BCUT2D eigenvalue weighted by Crippen LogP contribution is 2.43. The van der Waals surface area contributed by atoms with Gasteiger partial charge in [-0.2, -0.15) is 10.2 Å². The van der Waals surface area contributed by atoms with E-state index in [4.69, 9.17) is 10.5 Å². The second-order valence-corrected chi connectivity index (χ2v) is 10.2. The Kier molecular flexibility index (Phi) is 6.50. The molecule has 4 aromatic rings. The van der Waals surface area contributed by atoms with E-state index in [-0.39, 0.29) is 30.4 Å². The van der Waals surface area contributed by atoms with Crippen LogP contribution in [0.1, 0.15) is 28.8 Å². The van der Waals surface area contributed by atoms with Crippen molar-refractivity contribution in [1.82, 2.24) is 39.6 Å². The lowest BCUT2D eigenvalue weighted by Gasteiger charge is -2.36. The summed E-state index contributed by atoms with van der Waals surface area (Å²) in [5, 5.41) is 11.2. The van der Waals surface area contributed by atoms with Gasteiger partial charge >= 0.3 is 0 Å². The Morgan fingerprint density at radius 3 is 2.71 bits per heavy atom. The van der Waals surface area contributed by atoms with E-state index >= 15 is 0 Å². The van der Waals surface area contributed by atoms with Crippen molar-refractivity contribution in [3.8, 4) is 17.1 Å². The molecule has 4 aromatic heterocycles. The minimum absolute atomic E-state index is 0.0102. The minimum Gasteiger partial charge on any atom is -0.480 e.